The van der Waals surface area contributed by atoms with Crippen LogP contribution < -0.4 is 9.47 Å². The van der Waals surface area contributed by atoms with Crippen molar-refractivity contribution in [2.45, 2.75) is 45.3 Å². The number of fused-ring (bicyclic) bond motifs is 1. The standard InChI is InChI=1S/C26H32N2O2/c1-19(2)21-8-10-22(11-9-21)26-25-7-5-12-27(25)13-6-14-28(26)18-20-15-23(29-3)17-24(16-20)30-4/h5,7-12,15-17,19,26H,6,13-14,18H2,1-4H3/t26-/m1/s1. The molecule has 30 heavy (non-hydrogen) atoms. The minimum Gasteiger partial charge on any atom is -0.497 e. The van der Waals surface area contributed by atoms with Gasteiger partial charge in [0.2, 0.25) is 0 Å². The lowest BCUT2D eigenvalue weighted by Gasteiger charge is -2.31. The summed E-state index contributed by atoms with van der Waals surface area (Å²) in [7, 11) is 3.41. The zero-order chi connectivity index (χ0) is 21.1. The number of methoxy groups -OCH3 is 2. The maximum atomic E-state index is 5.50. The SMILES string of the molecule is COc1cc(CN2CCCn3cccc3[C@H]2c2ccc(C(C)C)cc2)cc(OC)c1. The lowest BCUT2D eigenvalue weighted by atomic mass is 9.96. The molecule has 1 aliphatic heterocycles. The van der Waals surface area contributed by atoms with Crippen LogP contribution in [0.1, 0.15) is 54.6 Å². The van der Waals surface area contributed by atoms with Crippen LogP contribution in [-0.4, -0.2) is 30.2 Å². The summed E-state index contributed by atoms with van der Waals surface area (Å²) in [5.74, 6) is 2.21. The monoisotopic (exact) mass is 404 g/mol. The molecule has 158 valence electrons. The van der Waals surface area contributed by atoms with Crippen molar-refractivity contribution in [2.24, 2.45) is 0 Å². The van der Waals surface area contributed by atoms with E-state index in [1.54, 1.807) is 14.2 Å². The van der Waals surface area contributed by atoms with E-state index in [2.05, 4.69) is 78.0 Å². The first-order chi connectivity index (χ1) is 14.6. The highest BCUT2D eigenvalue weighted by molar-refractivity contribution is 5.39. The number of hydrogen-bond acceptors (Lipinski definition) is 3. The Balaban J connectivity index is 1.71. The van der Waals surface area contributed by atoms with Gasteiger partial charge < -0.3 is 14.0 Å². The molecule has 0 bridgehead atoms. The molecule has 0 aliphatic carbocycles. The molecule has 0 spiro atoms. The zero-order valence-corrected chi connectivity index (χ0v) is 18.5. The molecule has 0 unspecified atom stereocenters. The second-order valence-corrected chi connectivity index (χ2v) is 8.40. The Morgan fingerprint density at radius 1 is 0.933 bits per heavy atom. The van der Waals surface area contributed by atoms with Gasteiger partial charge >= 0.3 is 0 Å². The third-order valence-electron chi connectivity index (χ3n) is 6.07. The van der Waals surface area contributed by atoms with Gasteiger partial charge in [-0.15, -0.1) is 0 Å². The second kappa shape index (κ2) is 8.97. The van der Waals surface area contributed by atoms with Gasteiger partial charge in [-0.25, -0.2) is 0 Å². The first kappa shape index (κ1) is 20.5. The predicted molar refractivity (Wildman–Crippen MR) is 121 cm³/mol. The van der Waals surface area contributed by atoms with Gasteiger partial charge in [0.15, 0.2) is 0 Å². The van der Waals surface area contributed by atoms with E-state index in [4.69, 9.17) is 9.47 Å². The molecule has 0 radical (unpaired) electrons. The van der Waals surface area contributed by atoms with Crippen LogP contribution >= 0.6 is 0 Å². The van der Waals surface area contributed by atoms with E-state index in [0.29, 0.717) is 5.92 Å². The molecule has 1 aliphatic rings. The fraction of sp³-hybridized carbons (Fsp3) is 0.385. The van der Waals surface area contributed by atoms with Crippen molar-refractivity contribution in [3.05, 3.63) is 83.2 Å². The Morgan fingerprint density at radius 3 is 2.27 bits per heavy atom. The van der Waals surface area contributed by atoms with E-state index in [1.165, 1.54) is 22.4 Å². The summed E-state index contributed by atoms with van der Waals surface area (Å²) in [4.78, 5) is 2.58. The minimum atomic E-state index is 0.223. The highest BCUT2D eigenvalue weighted by Gasteiger charge is 2.27. The number of aromatic nitrogens is 1. The van der Waals surface area contributed by atoms with Gasteiger partial charge in [0.25, 0.3) is 0 Å². The summed E-state index contributed by atoms with van der Waals surface area (Å²) in [6.07, 6.45) is 3.34. The average molecular weight is 405 g/mol. The van der Waals surface area contributed by atoms with Crippen molar-refractivity contribution in [1.29, 1.82) is 0 Å². The van der Waals surface area contributed by atoms with Crippen molar-refractivity contribution >= 4 is 0 Å². The molecule has 1 aromatic heterocycles. The number of rotatable bonds is 6. The molecule has 0 fully saturated rings. The van der Waals surface area contributed by atoms with Crippen molar-refractivity contribution in [1.82, 2.24) is 9.47 Å². The van der Waals surface area contributed by atoms with Gasteiger partial charge in [-0.1, -0.05) is 38.1 Å². The molecule has 2 heterocycles. The summed E-state index contributed by atoms with van der Waals surface area (Å²) in [5.41, 5.74) is 5.29. The van der Waals surface area contributed by atoms with Crippen molar-refractivity contribution in [2.75, 3.05) is 20.8 Å². The third kappa shape index (κ3) is 4.24. The van der Waals surface area contributed by atoms with E-state index in [0.717, 1.165) is 37.6 Å². The molecule has 0 saturated heterocycles. The molecule has 4 nitrogen and oxygen atoms in total. The van der Waals surface area contributed by atoms with E-state index >= 15 is 0 Å². The fourth-order valence-corrected chi connectivity index (χ4v) is 4.45. The van der Waals surface area contributed by atoms with Gasteiger partial charge in [-0.05, 0) is 53.3 Å². The van der Waals surface area contributed by atoms with E-state index in [1.807, 2.05) is 6.07 Å². The Labute approximate surface area is 180 Å². The smallest absolute Gasteiger partial charge is 0.122 e. The van der Waals surface area contributed by atoms with E-state index in [-0.39, 0.29) is 6.04 Å². The summed E-state index contributed by atoms with van der Waals surface area (Å²) < 4.78 is 13.4. The first-order valence-electron chi connectivity index (χ1n) is 10.8. The summed E-state index contributed by atoms with van der Waals surface area (Å²) >= 11 is 0. The lowest BCUT2D eigenvalue weighted by molar-refractivity contribution is 0.220. The van der Waals surface area contributed by atoms with Crippen LogP contribution in [0.25, 0.3) is 0 Å². The summed E-state index contributed by atoms with van der Waals surface area (Å²) in [6, 6.07) is 20.0. The molecule has 1 atom stereocenters. The van der Waals surface area contributed by atoms with Crippen LogP contribution in [0.15, 0.2) is 60.8 Å². The first-order valence-corrected chi connectivity index (χ1v) is 10.8. The largest absolute Gasteiger partial charge is 0.497 e. The van der Waals surface area contributed by atoms with Crippen LogP contribution in [0.4, 0.5) is 0 Å². The molecule has 3 aromatic rings. The third-order valence-corrected chi connectivity index (χ3v) is 6.07. The second-order valence-electron chi connectivity index (χ2n) is 8.40. The molecule has 4 rings (SSSR count). The molecule has 0 N–H and O–H groups in total. The van der Waals surface area contributed by atoms with Crippen LogP contribution in [0, 0.1) is 0 Å². The van der Waals surface area contributed by atoms with Crippen LogP contribution in [0.2, 0.25) is 0 Å². The molecule has 0 amide bonds. The normalized spacial score (nSPS) is 16.9. The fourth-order valence-electron chi connectivity index (χ4n) is 4.45. The van der Waals surface area contributed by atoms with Crippen molar-refractivity contribution < 1.29 is 9.47 Å². The zero-order valence-electron chi connectivity index (χ0n) is 18.5. The number of ether oxygens (including phenoxy) is 2. The van der Waals surface area contributed by atoms with Gasteiger partial charge in [-0.2, -0.15) is 0 Å². The van der Waals surface area contributed by atoms with Crippen LogP contribution in [-0.2, 0) is 13.1 Å². The van der Waals surface area contributed by atoms with E-state index < -0.39 is 0 Å². The molecular weight excluding hydrogens is 372 g/mol. The van der Waals surface area contributed by atoms with Gasteiger partial charge in [-0.3, -0.25) is 4.90 Å². The number of aryl methyl sites for hydroxylation is 1. The maximum absolute atomic E-state index is 5.50. The van der Waals surface area contributed by atoms with Gasteiger partial charge in [0.1, 0.15) is 11.5 Å². The Kier molecular flexibility index (Phi) is 6.14. The van der Waals surface area contributed by atoms with Gasteiger partial charge in [0.05, 0.1) is 20.3 Å². The average Bonchev–Trinajstić information content (AvgIpc) is 3.15. The lowest BCUT2D eigenvalue weighted by Crippen LogP contribution is -2.29. The predicted octanol–water partition coefficient (Wildman–Crippen LogP) is 5.62. The Hall–Kier alpha value is -2.72. The summed E-state index contributed by atoms with van der Waals surface area (Å²) in [5, 5.41) is 0. The van der Waals surface area contributed by atoms with Gasteiger partial charge in [0, 0.05) is 37.6 Å². The van der Waals surface area contributed by atoms with Crippen molar-refractivity contribution in [3.63, 3.8) is 0 Å². The summed E-state index contributed by atoms with van der Waals surface area (Å²) in [6.45, 7) is 7.43. The molecule has 0 saturated carbocycles. The van der Waals surface area contributed by atoms with Crippen LogP contribution in [0.3, 0.4) is 0 Å². The van der Waals surface area contributed by atoms with Crippen molar-refractivity contribution in [3.8, 4) is 11.5 Å². The van der Waals surface area contributed by atoms with E-state index in [9.17, 15) is 0 Å². The number of hydrogen-bond donors (Lipinski definition) is 0. The molecule has 2 aromatic carbocycles. The molecule has 4 heteroatoms. The minimum absolute atomic E-state index is 0.223. The molecular formula is C26H32N2O2. The number of nitrogens with zero attached hydrogens (tertiary/aromatic N) is 2. The number of benzene rings is 2. The Bertz CT molecular complexity index is 953. The topological polar surface area (TPSA) is 26.6 Å². The maximum Gasteiger partial charge on any atom is 0.122 e. The highest BCUT2D eigenvalue weighted by atomic mass is 16.5. The highest BCUT2D eigenvalue weighted by Crippen LogP contribution is 2.34. The Morgan fingerprint density at radius 2 is 1.63 bits per heavy atom. The van der Waals surface area contributed by atoms with Crippen LogP contribution in [0.5, 0.6) is 11.5 Å². The quantitative estimate of drug-likeness (QED) is 0.533.